The molecular formula is C17H22N6O2. The zero-order valence-corrected chi connectivity index (χ0v) is 14.9. The summed E-state index contributed by atoms with van der Waals surface area (Å²) in [4.78, 5) is 16.6. The van der Waals surface area contributed by atoms with Crippen LogP contribution in [0.5, 0.6) is 0 Å². The van der Waals surface area contributed by atoms with E-state index in [0.29, 0.717) is 12.2 Å². The smallest absolute Gasteiger partial charge is 0.319 e. The molecule has 0 atom stereocenters. The summed E-state index contributed by atoms with van der Waals surface area (Å²) in [6, 6.07) is 1.58. The maximum atomic E-state index is 12.2. The molecule has 0 bridgehead atoms. The predicted octanol–water partition coefficient (Wildman–Crippen LogP) is 2.71. The molecule has 0 saturated heterocycles. The molecule has 0 aliphatic heterocycles. The summed E-state index contributed by atoms with van der Waals surface area (Å²) in [6.45, 7) is 6.31. The average molecular weight is 342 g/mol. The molecule has 0 aliphatic carbocycles. The highest BCUT2D eigenvalue weighted by Gasteiger charge is 2.14. The lowest BCUT2D eigenvalue weighted by Gasteiger charge is -2.08. The minimum Gasteiger partial charge on any atom is -0.361 e. The van der Waals surface area contributed by atoms with E-state index in [2.05, 4.69) is 25.9 Å². The first-order valence-electron chi connectivity index (χ1n) is 8.34. The minimum absolute atomic E-state index is 0.298. The Bertz CT molecular complexity index is 890. The number of amides is 2. The van der Waals surface area contributed by atoms with Crippen LogP contribution in [0.1, 0.15) is 36.6 Å². The molecule has 0 aromatic carbocycles. The monoisotopic (exact) mass is 342 g/mol. The van der Waals surface area contributed by atoms with E-state index in [4.69, 9.17) is 4.52 Å². The molecule has 8 nitrogen and oxygen atoms in total. The Morgan fingerprint density at radius 2 is 2.12 bits per heavy atom. The summed E-state index contributed by atoms with van der Waals surface area (Å²) < 4.78 is 7.03. The van der Waals surface area contributed by atoms with Gasteiger partial charge in [0.1, 0.15) is 5.76 Å². The van der Waals surface area contributed by atoms with Gasteiger partial charge < -0.3 is 15.2 Å². The van der Waals surface area contributed by atoms with E-state index in [1.54, 1.807) is 10.9 Å². The molecule has 2 amide bonds. The number of hydrogen-bond acceptors (Lipinski definition) is 5. The molecule has 3 rings (SSSR count). The molecule has 25 heavy (non-hydrogen) atoms. The normalized spacial score (nSPS) is 11.0. The third kappa shape index (κ3) is 3.33. The van der Waals surface area contributed by atoms with Crippen LogP contribution in [-0.2, 0) is 26.4 Å². The van der Waals surface area contributed by atoms with Gasteiger partial charge in [0.15, 0.2) is 5.65 Å². The van der Waals surface area contributed by atoms with Crippen LogP contribution in [0.2, 0.25) is 0 Å². The average Bonchev–Trinajstić information content (AvgIpc) is 3.13. The van der Waals surface area contributed by atoms with Crippen molar-refractivity contribution in [2.75, 3.05) is 5.32 Å². The van der Waals surface area contributed by atoms with Crippen molar-refractivity contribution in [3.05, 3.63) is 35.0 Å². The van der Waals surface area contributed by atoms with Crippen molar-refractivity contribution in [3.63, 3.8) is 0 Å². The lowest BCUT2D eigenvalue weighted by Crippen LogP contribution is -2.28. The van der Waals surface area contributed by atoms with Crippen molar-refractivity contribution in [1.29, 1.82) is 0 Å². The Balaban J connectivity index is 1.69. The molecule has 0 radical (unpaired) electrons. The standard InChI is InChI=1S/C17H22N6O2/c1-5-14-13(15(6-2)25-22-14)9-19-17(24)20-11-7-12-10(3)21-23(4)16(12)18-8-11/h7-8H,5-6,9H2,1-4H3,(H2,19,20,24). The second-order valence-corrected chi connectivity index (χ2v) is 5.85. The number of nitrogens with one attached hydrogen (secondary N) is 2. The molecule has 132 valence electrons. The van der Waals surface area contributed by atoms with E-state index in [-0.39, 0.29) is 6.03 Å². The Labute approximate surface area is 145 Å². The topological polar surface area (TPSA) is 97.9 Å². The summed E-state index contributed by atoms with van der Waals surface area (Å²) in [5.74, 6) is 0.811. The Morgan fingerprint density at radius 1 is 1.32 bits per heavy atom. The highest BCUT2D eigenvalue weighted by Crippen LogP contribution is 2.19. The first-order valence-corrected chi connectivity index (χ1v) is 8.34. The summed E-state index contributed by atoms with van der Waals surface area (Å²) in [5.41, 5.74) is 4.12. The van der Waals surface area contributed by atoms with Crippen molar-refractivity contribution in [2.45, 2.75) is 40.2 Å². The van der Waals surface area contributed by atoms with Gasteiger partial charge in [-0.1, -0.05) is 19.0 Å². The van der Waals surface area contributed by atoms with E-state index < -0.39 is 0 Å². The molecule has 0 spiro atoms. The third-order valence-electron chi connectivity index (χ3n) is 4.15. The van der Waals surface area contributed by atoms with Crippen LogP contribution in [0.25, 0.3) is 11.0 Å². The molecular weight excluding hydrogens is 320 g/mol. The first-order chi connectivity index (χ1) is 12.0. The van der Waals surface area contributed by atoms with Gasteiger partial charge in [0.05, 0.1) is 23.3 Å². The maximum absolute atomic E-state index is 12.2. The Kier molecular flexibility index (Phi) is 4.69. The van der Waals surface area contributed by atoms with E-state index in [1.165, 1.54) is 0 Å². The Hall–Kier alpha value is -2.90. The van der Waals surface area contributed by atoms with Crippen molar-refractivity contribution in [2.24, 2.45) is 7.05 Å². The number of hydrogen-bond donors (Lipinski definition) is 2. The number of anilines is 1. The summed E-state index contributed by atoms with van der Waals surface area (Å²) in [6.07, 6.45) is 3.13. The molecule has 3 aromatic heterocycles. The van der Waals surface area contributed by atoms with Gasteiger partial charge in [-0.15, -0.1) is 0 Å². The van der Waals surface area contributed by atoms with Crippen molar-refractivity contribution >= 4 is 22.8 Å². The van der Waals surface area contributed by atoms with Crippen LogP contribution in [-0.4, -0.2) is 26.0 Å². The van der Waals surface area contributed by atoms with Gasteiger partial charge in [0.25, 0.3) is 0 Å². The van der Waals surface area contributed by atoms with Gasteiger partial charge >= 0.3 is 6.03 Å². The molecule has 0 saturated carbocycles. The van der Waals surface area contributed by atoms with Gasteiger partial charge in [0, 0.05) is 31.0 Å². The number of aryl methyl sites for hydroxylation is 4. The molecule has 3 aromatic rings. The molecule has 3 heterocycles. The quantitative estimate of drug-likeness (QED) is 0.743. The number of pyridine rings is 1. The number of aromatic nitrogens is 4. The van der Waals surface area contributed by atoms with Gasteiger partial charge in [-0.2, -0.15) is 5.10 Å². The van der Waals surface area contributed by atoms with Crippen molar-refractivity contribution < 1.29 is 9.32 Å². The van der Waals surface area contributed by atoms with Gasteiger partial charge in [-0.3, -0.25) is 4.68 Å². The van der Waals surface area contributed by atoms with Crippen LogP contribution in [0.15, 0.2) is 16.8 Å². The lowest BCUT2D eigenvalue weighted by atomic mass is 10.1. The van der Waals surface area contributed by atoms with Gasteiger partial charge in [-0.05, 0) is 19.4 Å². The third-order valence-corrected chi connectivity index (χ3v) is 4.15. The second kappa shape index (κ2) is 6.92. The summed E-state index contributed by atoms with van der Waals surface area (Å²) >= 11 is 0. The lowest BCUT2D eigenvalue weighted by molar-refractivity contribution is 0.251. The predicted molar refractivity (Wildman–Crippen MR) is 94.4 cm³/mol. The van der Waals surface area contributed by atoms with E-state index in [0.717, 1.165) is 46.6 Å². The maximum Gasteiger partial charge on any atom is 0.319 e. The van der Waals surface area contributed by atoms with Gasteiger partial charge in [-0.25, -0.2) is 9.78 Å². The molecule has 8 heteroatoms. The van der Waals surface area contributed by atoms with Crippen molar-refractivity contribution in [3.8, 4) is 0 Å². The zero-order valence-electron chi connectivity index (χ0n) is 14.9. The number of rotatable bonds is 5. The number of fused-ring (bicyclic) bond motifs is 1. The fraction of sp³-hybridized carbons (Fsp3) is 0.412. The molecule has 0 aliphatic rings. The largest absolute Gasteiger partial charge is 0.361 e. The summed E-state index contributed by atoms with van der Waals surface area (Å²) in [7, 11) is 1.84. The number of nitrogens with zero attached hydrogens (tertiary/aromatic N) is 4. The van der Waals surface area contributed by atoms with Crippen LogP contribution in [0.4, 0.5) is 10.5 Å². The number of carbonyl (C=O) groups excluding carboxylic acids is 1. The number of urea groups is 1. The molecule has 0 fully saturated rings. The Morgan fingerprint density at radius 3 is 2.84 bits per heavy atom. The van der Waals surface area contributed by atoms with E-state index >= 15 is 0 Å². The SMILES string of the molecule is CCc1noc(CC)c1CNC(=O)Nc1cnc2c(c1)c(C)nn2C. The highest BCUT2D eigenvalue weighted by molar-refractivity contribution is 5.92. The summed E-state index contributed by atoms with van der Waals surface area (Å²) in [5, 5.41) is 15.0. The fourth-order valence-corrected chi connectivity index (χ4v) is 2.86. The van der Waals surface area contributed by atoms with Crippen LogP contribution >= 0.6 is 0 Å². The minimum atomic E-state index is -0.298. The highest BCUT2D eigenvalue weighted by atomic mass is 16.5. The van der Waals surface area contributed by atoms with Gasteiger partial charge in [0.2, 0.25) is 0 Å². The number of carbonyl (C=O) groups is 1. The first kappa shape index (κ1) is 16.9. The van der Waals surface area contributed by atoms with Crippen LogP contribution in [0.3, 0.4) is 0 Å². The zero-order chi connectivity index (χ0) is 18.0. The molecule has 0 unspecified atom stereocenters. The fourth-order valence-electron chi connectivity index (χ4n) is 2.86. The van der Waals surface area contributed by atoms with E-state index in [1.807, 2.05) is 33.9 Å². The second-order valence-electron chi connectivity index (χ2n) is 5.85. The van der Waals surface area contributed by atoms with E-state index in [9.17, 15) is 4.79 Å². The van der Waals surface area contributed by atoms with Crippen molar-refractivity contribution in [1.82, 2.24) is 25.2 Å². The van der Waals surface area contributed by atoms with Crippen LogP contribution < -0.4 is 10.6 Å². The van der Waals surface area contributed by atoms with Crippen LogP contribution in [0, 0.1) is 6.92 Å². The molecule has 2 N–H and O–H groups in total.